The first-order chi connectivity index (χ1) is 6.64. The van der Waals surface area contributed by atoms with E-state index < -0.39 is 0 Å². The SMILES string of the molecule is CC[C@H]1C[C@]1(C)CNC1(CO)CCC1. The lowest BCUT2D eigenvalue weighted by Gasteiger charge is -2.42. The van der Waals surface area contributed by atoms with Crippen LogP contribution in [0, 0.1) is 11.3 Å². The van der Waals surface area contributed by atoms with Crippen molar-refractivity contribution in [2.45, 2.75) is 51.5 Å². The monoisotopic (exact) mass is 197 g/mol. The predicted molar refractivity (Wildman–Crippen MR) is 58.2 cm³/mol. The van der Waals surface area contributed by atoms with Crippen LogP contribution in [0.1, 0.15) is 46.0 Å². The van der Waals surface area contributed by atoms with Gasteiger partial charge in [0.15, 0.2) is 0 Å². The second-order valence-corrected chi connectivity index (χ2v) is 5.61. The topological polar surface area (TPSA) is 32.3 Å². The third-order valence-electron chi connectivity index (χ3n) is 4.51. The van der Waals surface area contributed by atoms with Crippen LogP contribution in [0.15, 0.2) is 0 Å². The average Bonchev–Trinajstić information content (AvgIpc) is 2.77. The maximum Gasteiger partial charge on any atom is 0.0613 e. The Morgan fingerprint density at radius 1 is 1.43 bits per heavy atom. The van der Waals surface area contributed by atoms with Gasteiger partial charge in [-0.15, -0.1) is 0 Å². The van der Waals surface area contributed by atoms with Gasteiger partial charge in [-0.25, -0.2) is 0 Å². The largest absolute Gasteiger partial charge is 0.394 e. The van der Waals surface area contributed by atoms with Gasteiger partial charge in [-0.05, 0) is 37.0 Å². The van der Waals surface area contributed by atoms with Gasteiger partial charge in [-0.2, -0.15) is 0 Å². The Kier molecular flexibility index (Phi) is 2.61. The lowest BCUT2D eigenvalue weighted by molar-refractivity contribution is 0.0829. The molecule has 0 bridgehead atoms. The Bertz CT molecular complexity index is 207. The van der Waals surface area contributed by atoms with Gasteiger partial charge in [0.2, 0.25) is 0 Å². The zero-order chi connectivity index (χ0) is 10.2. The molecule has 0 heterocycles. The molecule has 0 aliphatic heterocycles. The number of nitrogens with one attached hydrogen (secondary N) is 1. The van der Waals surface area contributed by atoms with Crippen molar-refractivity contribution in [3.63, 3.8) is 0 Å². The fraction of sp³-hybridized carbons (Fsp3) is 1.00. The van der Waals surface area contributed by atoms with Crippen LogP contribution < -0.4 is 5.32 Å². The molecule has 0 aromatic rings. The number of rotatable bonds is 5. The smallest absolute Gasteiger partial charge is 0.0613 e. The van der Waals surface area contributed by atoms with E-state index >= 15 is 0 Å². The number of aliphatic hydroxyl groups is 1. The molecule has 0 aromatic heterocycles. The van der Waals surface area contributed by atoms with Crippen molar-refractivity contribution in [1.82, 2.24) is 5.32 Å². The molecule has 2 fully saturated rings. The molecule has 0 aromatic carbocycles. The highest BCUT2D eigenvalue weighted by atomic mass is 16.3. The highest BCUT2D eigenvalue weighted by Gasteiger charge is 2.49. The fourth-order valence-corrected chi connectivity index (χ4v) is 2.74. The van der Waals surface area contributed by atoms with Crippen LogP contribution in [0.25, 0.3) is 0 Å². The first kappa shape index (κ1) is 10.4. The van der Waals surface area contributed by atoms with Crippen LogP contribution in [0.5, 0.6) is 0 Å². The first-order valence-electron chi connectivity index (χ1n) is 6.00. The number of aliphatic hydroxyl groups excluding tert-OH is 1. The van der Waals surface area contributed by atoms with Gasteiger partial charge in [0.25, 0.3) is 0 Å². The van der Waals surface area contributed by atoms with E-state index in [1.165, 1.54) is 19.3 Å². The zero-order valence-electron chi connectivity index (χ0n) is 9.47. The molecule has 0 spiro atoms. The van der Waals surface area contributed by atoms with E-state index in [0.29, 0.717) is 12.0 Å². The Morgan fingerprint density at radius 3 is 2.50 bits per heavy atom. The van der Waals surface area contributed by atoms with Gasteiger partial charge < -0.3 is 10.4 Å². The van der Waals surface area contributed by atoms with Crippen molar-refractivity contribution < 1.29 is 5.11 Å². The van der Waals surface area contributed by atoms with Gasteiger partial charge in [0.05, 0.1) is 6.61 Å². The molecule has 2 aliphatic rings. The van der Waals surface area contributed by atoms with Crippen molar-refractivity contribution in [3.8, 4) is 0 Å². The Hall–Kier alpha value is -0.0800. The van der Waals surface area contributed by atoms with Crippen molar-refractivity contribution in [2.24, 2.45) is 11.3 Å². The van der Waals surface area contributed by atoms with E-state index in [2.05, 4.69) is 19.2 Å². The molecule has 2 N–H and O–H groups in total. The van der Waals surface area contributed by atoms with Crippen molar-refractivity contribution in [1.29, 1.82) is 0 Å². The molecular formula is C12H23NO. The quantitative estimate of drug-likeness (QED) is 0.706. The number of hydrogen-bond donors (Lipinski definition) is 2. The second-order valence-electron chi connectivity index (χ2n) is 5.61. The average molecular weight is 197 g/mol. The maximum atomic E-state index is 9.31. The molecule has 2 atom stereocenters. The normalized spacial score (nSPS) is 39.2. The summed E-state index contributed by atoms with van der Waals surface area (Å²) in [6.07, 6.45) is 6.29. The summed E-state index contributed by atoms with van der Waals surface area (Å²) in [5, 5.41) is 12.9. The standard InChI is InChI=1S/C12H23NO/c1-3-10-7-11(10,2)8-13-12(9-14)5-4-6-12/h10,13-14H,3-9H2,1-2H3/t10-,11+/m0/s1. The molecule has 2 aliphatic carbocycles. The maximum absolute atomic E-state index is 9.31. The van der Waals surface area contributed by atoms with Crippen LogP contribution in [0.2, 0.25) is 0 Å². The minimum Gasteiger partial charge on any atom is -0.394 e. The van der Waals surface area contributed by atoms with Crippen LogP contribution in [0.3, 0.4) is 0 Å². The van der Waals surface area contributed by atoms with Crippen LogP contribution in [0.4, 0.5) is 0 Å². The van der Waals surface area contributed by atoms with E-state index in [1.807, 2.05) is 0 Å². The molecular weight excluding hydrogens is 174 g/mol. The van der Waals surface area contributed by atoms with Gasteiger partial charge in [0, 0.05) is 12.1 Å². The minimum absolute atomic E-state index is 0.101. The van der Waals surface area contributed by atoms with E-state index in [1.54, 1.807) is 0 Å². The molecule has 0 amide bonds. The molecule has 0 unspecified atom stereocenters. The van der Waals surface area contributed by atoms with Gasteiger partial charge in [-0.3, -0.25) is 0 Å². The summed E-state index contributed by atoms with van der Waals surface area (Å²) >= 11 is 0. The Morgan fingerprint density at radius 2 is 2.14 bits per heavy atom. The van der Waals surface area contributed by atoms with Crippen molar-refractivity contribution in [3.05, 3.63) is 0 Å². The second kappa shape index (κ2) is 3.49. The fourth-order valence-electron chi connectivity index (χ4n) is 2.74. The summed E-state index contributed by atoms with van der Waals surface area (Å²) in [6.45, 7) is 6.07. The molecule has 82 valence electrons. The molecule has 14 heavy (non-hydrogen) atoms. The first-order valence-corrected chi connectivity index (χ1v) is 6.00. The Balaban J connectivity index is 1.77. The van der Waals surface area contributed by atoms with Crippen LogP contribution in [-0.4, -0.2) is 23.8 Å². The molecule has 2 rings (SSSR count). The highest BCUT2D eigenvalue weighted by molar-refractivity contribution is 5.03. The number of hydrogen-bond acceptors (Lipinski definition) is 2. The van der Waals surface area contributed by atoms with E-state index in [-0.39, 0.29) is 5.54 Å². The van der Waals surface area contributed by atoms with Crippen molar-refractivity contribution >= 4 is 0 Å². The van der Waals surface area contributed by atoms with Crippen molar-refractivity contribution in [2.75, 3.05) is 13.2 Å². The lowest BCUT2D eigenvalue weighted by atomic mass is 9.77. The molecule has 2 nitrogen and oxygen atoms in total. The predicted octanol–water partition coefficient (Wildman–Crippen LogP) is 1.93. The molecule has 2 heteroatoms. The zero-order valence-corrected chi connectivity index (χ0v) is 9.47. The Labute approximate surface area is 87.1 Å². The molecule has 0 saturated heterocycles. The molecule has 2 saturated carbocycles. The van der Waals surface area contributed by atoms with Gasteiger partial charge in [0.1, 0.15) is 0 Å². The van der Waals surface area contributed by atoms with Crippen LogP contribution >= 0.6 is 0 Å². The summed E-state index contributed by atoms with van der Waals surface area (Å²) in [4.78, 5) is 0. The molecule has 0 radical (unpaired) electrons. The van der Waals surface area contributed by atoms with Gasteiger partial charge in [-0.1, -0.05) is 20.3 Å². The minimum atomic E-state index is 0.101. The van der Waals surface area contributed by atoms with Gasteiger partial charge >= 0.3 is 0 Å². The summed E-state index contributed by atoms with van der Waals surface area (Å²) in [6, 6.07) is 0. The van der Waals surface area contributed by atoms with E-state index in [4.69, 9.17) is 0 Å². The third kappa shape index (κ3) is 1.70. The van der Waals surface area contributed by atoms with E-state index in [9.17, 15) is 5.11 Å². The third-order valence-corrected chi connectivity index (χ3v) is 4.51. The lowest BCUT2D eigenvalue weighted by Crippen LogP contribution is -2.55. The summed E-state index contributed by atoms with van der Waals surface area (Å²) in [5.41, 5.74) is 0.635. The highest BCUT2D eigenvalue weighted by Crippen LogP contribution is 2.54. The van der Waals surface area contributed by atoms with Crippen LogP contribution in [-0.2, 0) is 0 Å². The summed E-state index contributed by atoms with van der Waals surface area (Å²) < 4.78 is 0. The summed E-state index contributed by atoms with van der Waals surface area (Å²) in [5.74, 6) is 0.922. The summed E-state index contributed by atoms with van der Waals surface area (Å²) in [7, 11) is 0. The van der Waals surface area contributed by atoms with E-state index in [0.717, 1.165) is 25.3 Å².